The third kappa shape index (κ3) is 2.16. The van der Waals surface area contributed by atoms with Gasteiger partial charge in [-0.25, -0.2) is 4.98 Å². The van der Waals surface area contributed by atoms with Gasteiger partial charge in [-0.15, -0.1) is 0 Å². The molecule has 4 atom stereocenters. The lowest BCUT2D eigenvalue weighted by Gasteiger charge is -2.16. The molecule has 0 bridgehead atoms. The highest BCUT2D eigenvalue weighted by atomic mass is 16.6. The van der Waals surface area contributed by atoms with Crippen LogP contribution in [-0.4, -0.2) is 54.8 Å². The standard InChI is InChI=1S/C12H14N4O5/c13-7-2-1-5-8(11(20)15-7)14-4-16(5)12-10(19)9(18)6(3-17)21-12/h1-2,4,6,9-10,12,17-19H,3H2,(H2,13,15,20)/t6-,9-,10-,12-/m1/s1. The molecular formula is C12H14N4O5. The molecule has 0 aromatic carbocycles. The highest BCUT2D eigenvalue weighted by Gasteiger charge is 2.43. The summed E-state index contributed by atoms with van der Waals surface area (Å²) in [5.74, 6) is 0.0470. The first-order chi connectivity index (χ1) is 10.0. The minimum Gasteiger partial charge on any atom is -0.394 e. The van der Waals surface area contributed by atoms with Gasteiger partial charge in [-0.1, -0.05) is 0 Å². The van der Waals surface area contributed by atoms with Crippen molar-refractivity contribution in [1.29, 1.82) is 0 Å². The minimum absolute atomic E-state index is 0.0470. The molecule has 3 rings (SSSR count). The summed E-state index contributed by atoms with van der Waals surface area (Å²) in [4.78, 5) is 19.4. The van der Waals surface area contributed by atoms with E-state index >= 15 is 0 Å². The third-order valence-electron chi connectivity index (χ3n) is 3.47. The molecule has 0 aliphatic carbocycles. The largest absolute Gasteiger partial charge is 0.394 e. The van der Waals surface area contributed by atoms with E-state index in [-0.39, 0.29) is 11.3 Å². The Kier molecular flexibility index (Phi) is 3.33. The molecule has 9 heteroatoms. The Bertz CT molecular complexity index is 733. The molecule has 0 unspecified atom stereocenters. The fraction of sp³-hybridized carbons (Fsp3) is 0.417. The summed E-state index contributed by atoms with van der Waals surface area (Å²) in [7, 11) is 0. The number of nitrogen functional groups attached to an aromatic ring is 1. The van der Waals surface area contributed by atoms with Crippen molar-refractivity contribution in [3.8, 4) is 0 Å². The summed E-state index contributed by atoms with van der Waals surface area (Å²) in [6.07, 6.45) is -3.06. The predicted octanol–water partition coefficient (Wildman–Crippen LogP) is -2.01. The van der Waals surface area contributed by atoms with Crippen LogP contribution in [0.1, 0.15) is 6.23 Å². The average molecular weight is 294 g/mol. The SMILES string of the molecule is Nc1ccc2c(ncn2[C@@H]2O[C@H](CO)[C@@H](O)[C@H]2O)c(=O)n1. The van der Waals surface area contributed by atoms with Crippen molar-refractivity contribution < 1.29 is 20.1 Å². The number of rotatable bonds is 2. The lowest BCUT2D eigenvalue weighted by Crippen LogP contribution is -2.33. The van der Waals surface area contributed by atoms with Crippen LogP contribution >= 0.6 is 0 Å². The Labute approximate surface area is 118 Å². The monoisotopic (exact) mass is 294 g/mol. The molecule has 112 valence electrons. The molecule has 0 spiro atoms. The highest BCUT2D eigenvalue weighted by molar-refractivity contribution is 5.74. The van der Waals surface area contributed by atoms with Crippen molar-refractivity contribution >= 4 is 16.9 Å². The van der Waals surface area contributed by atoms with Crippen molar-refractivity contribution in [2.45, 2.75) is 24.5 Å². The van der Waals surface area contributed by atoms with Crippen LogP contribution in [0, 0.1) is 0 Å². The molecular weight excluding hydrogens is 280 g/mol. The van der Waals surface area contributed by atoms with Gasteiger partial charge in [0.25, 0.3) is 5.56 Å². The second-order valence-electron chi connectivity index (χ2n) is 4.79. The topological polar surface area (TPSA) is 144 Å². The highest BCUT2D eigenvalue weighted by Crippen LogP contribution is 2.31. The lowest BCUT2D eigenvalue weighted by atomic mass is 10.1. The van der Waals surface area contributed by atoms with Gasteiger partial charge in [0.2, 0.25) is 0 Å². The van der Waals surface area contributed by atoms with Crippen molar-refractivity contribution in [2.75, 3.05) is 12.3 Å². The third-order valence-corrected chi connectivity index (χ3v) is 3.47. The molecule has 2 aromatic rings. The van der Waals surface area contributed by atoms with Gasteiger partial charge in [0.05, 0.1) is 18.5 Å². The van der Waals surface area contributed by atoms with Gasteiger partial charge in [-0.05, 0) is 12.1 Å². The molecule has 2 aromatic heterocycles. The van der Waals surface area contributed by atoms with Crippen LogP contribution in [0.15, 0.2) is 23.3 Å². The Morgan fingerprint density at radius 1 is 1.33 bits per heavy atom. The molecule has 0 saturated carbocycles. The smallest absolute Gasteiger partial charge is 0.299 e. The van der Waals surface area contributed by atoms with E-state index in [0.717, 1.165) is 0 Å². The zero-order valence-electron chi connectivity index (χ0n) is 10.8. The Morgan fingerprint density at radius 2 is 2.10 bits per heavy atom. The predicted molar refractivity (Wildman–Crippen MR) is 71.2 cm³/mol. The number of aliphatic hydroxyl groups excluding tert-OH is 3. The number of anilines is 1. The average Bonchev–Trinajstić information content (AvgIpc) is 2.95. The number of nitrogens with zero attached hydrogens (tertiary/aromatic N) is 3. The fourth-order valence-corrected chi connectivity index (χ4v) is 2.38. The summed E-state index contributed by atoms with van der Waals surface area (Å²) < 4.78 is 6.81. The maximum Gasteiger partial charge on any atom is 0.299 e. The zero-order chi connectivity index (χ0) is 15.1. The second-order valence-corrected chi connectivity index (χ2v) is 4.79. The maximum atomic E-state index is 11.8. The first kappa shape index (κ1) is 13.9. The van der Waals surface area contributed by atoms with Crippen molar-refractivity contribution in [3.63, 3.8) is 0 Å². The molecule has 1 aliphatic heterocycles. The Balaban J connectivity index is 2.12. The van der Waals surface area contributed by atoms with Crippen molar-refractivity contribution in [1.82, 2.24) is 14.5 Å². The van der Waals surface area contributed by atoms with Gasteiger partial charge in [0.15, 0.2) is 11.7 Å². The number of aliphatic hydroxyl groups is 3. The summed E-state index contributed by atoms with van der Waals surface area (Å²) in [6.45, 7) is -0.434. The van der Waals surface area contributed by atoms with Crippen LogP contribution in [0.25, 0.3) is 11.0 Å². The molecule has 1 aliphatic rings. The molecule has 5 N–H and O–H groups in total. The van der Waals surface area contributed by atoms with Gasteiger partial charge < -0.3 is 30.4 Å². The lowest BCUT2D eigenvalue weighted by molar-refractivity contribution is -0.0508. The van der Waals surface area contributed by atoms with Crippen LogP contribution in [0.4, 0.5) is 5.82 Å². The summed E-state index contributed by atoms with van der Waals surface area (Å²) >= 11 is 0. The number of hydrogen-bond donors (Lipinski definition) is 4. The van der Waals surface area contributed by atoms with Gasteiger partial charge in [-0.2, -0.15) is 4.98 Å². The second kappa shape index (κ2) is 5.04. The maximum absolute atomic E-state index is 11.8. The van der Waals surface area contributed by atoms with E-state index in [4.69, 9.17) is 15.6 Å². The number of fused-ring (bicyclic) bond motifs is 1. The van der Waals surface area contributed by atoms with Gasteiger partial charge in [0.1, 0.15) is 24.1 Å². The Hall–Kier alpha value is -2.07. The van der Waals surface area contributed by atoms with Crippen molar-refractivity contribution in [3.05, 3.63) is 28.8 Å². The Morgan fingerprint density at radius 3 is 2.76 bits per heavy atom. The summed E-state index contributed by atoms with van der Waals surface area (Å²) in [5, 5.41) is 28.9. The van der Waals surface area contributed by atoms with Crippen LogP contribution in [0.5, 0.6) is 0 Å². The van der Waals surface area contributed by atoms with Gasteiger partial charge >= 0.3 is 0 Å². The van der Waals surface area contributed by atoms with Crippen LogP contribution < -0.4 is 11.3 Å². The first-order valence-electron chi connectivity index (χ1n) is 6.28. The molecule has 0 amide bonds. The number of nitrogens with two attached hydrogens (primary N) is 1. The van der Waals surface area contributed by atoms with E-state index < -0.39 is 36.7 Å². The molecule has 21 heavy (non-hydrogen) atoms. The normalized spacial score (nSPS) is 29.1. The molecule has 9 nitrogen and oxygen atoms in total. The fourth-order valence-electron chi connectivity index (χ4n) is 2.38. The van der Waals surface area contributed by atoms with Crippen LogP contribution in [0.2, 0.25) is 0 Å². The minimum atomic E-state index is -1.26. The molecule has 3 heterocycles. The first-order valence-corrected chi connectivity index (χ1v) is 6.28. The zero-order valence-corrected chi connectivity index (χ0v) is 10.8. The van der Waals surface area contributed by atoms with E-state index in [9.17, 15) is 15.0 Å². The van der Waals surface area contributed by atoms with Gasteiger partial charge in [-0.3, -0.25) is 4.79 Å². The van der Waals surface area contributed by atoms with E-state index in [0.29, 0.717) is 5.52 Å². The van der Waals surface area contributed by atoms with Crippen LogP contribution in [0.3, 0.4) is 0 Å². The van der Waals surface area contributed by atoms with E-state index in [1.807, 2.05) is 0 Å². The van der Waals surface area contributed by atoms with E-state index in [1.165, 1.54) is 23.0 Å². The molecule has 1 fully saturated rings. The number of imidazole rings is 1. The van der Waals surface area contributed by atoms with E-state index in [1.54, 1.807) is 0 Å². The van der Waals surface area contributed by atoms with E-state index in [2.05, 4.69) is 9.97 Å². The number of hydrogen-bond acceptors (Lipinski definition) is 8. The molecule has 0 radical (unpaired) electrons. The molecule has 1 saturated heterocycles. The number of ether oxygens (including phenoxy) is 1. The quantitative estimate of drug-likeness (QED) is 0.497. The number of aromatic nitrogens is 3. The summed E-state index contributed by atoms with van der Waals surface area (Å²) in [6, 6.07) is 2.96. The van der Waals surface area contributed by atoms with Crippen LogP contribution in [-0.2, 0) is 4.74 Å². The van der Waals surface area contributed by atoms with Gasteiger partial charge in [0, 0.05) is 0 Å². The van der Waals surface area contributed by atoms with Crippen molar-refractivity contribution in [2.24, 2.45) is 0 Å². The summed E-state index contributed by atoms with van der Waals surface area (Å²) in [5.41, 5.74) is 5.35.